The van der Waals surface area contributed by atoms with Crippen molar-refractivity contribution in [3.63, 3.8) is 0 Å². The third-order valence-corrected chi connectivity index (χ3v) is 11.6. The lowest BCUT2D eigenvalue weighted by Gasteiger charge is -2.46. The van der Waals surface area contributed by atoms with Crippen LogP contribution in [0.15, 0.2) is 182 Å². The summed E-state index contributed by atoms with van der Waals surface area (Å²) in [5, 5.41) is 11.8. The first kappa shape index (κ1) is 50.8. The predicted octanol–water partition coefficient (Wildman–Crippen LogP) is 7.08. The molecule has 2 heterocycles. The molecule has 0 aliphatic carbocycles. The van der Waals surface area contributed by atoms with Gasteiger partial charge in [-0.1, -0.05) is 133 Å². The lowest BCUT2D eigenvalue weighted by atomic mass is 9.97. The zero-order chi connectivity index (χ0) is 50.2. The Morgan fingerprint density at radius 2 is 0.792 bits per heavy atom. The van der Waals surface area contributed by atoms with Gasteiger partial charge in [-0.2, -0.15) is 0 Å². The van der Waals surface area contributed by atoms with E-state index in [0.717, 1.165) is 11.1 Å². The Bertz CT molecular complexity index is 2680. The molecule has 2 saturated heterocycles. The quantitative estimate of drug-likeness (QED) is 0.0638. The van der Waals surface area contributed by atoms with Gasteiger partial charge in [0.15, 0.2) is 37.0 Å². The minimum absolute atomic E-state index is 0.00467. The number of hydrogen-bond acceptors (Lipinski definition) is 16. The van der Waals surface area contributed by atoms with Crippen molar-refractivity contribution in [2.75, 3.05) is 13.2 Å². The van der Waals surface area contributed by atoms with Crippen molar-refractivity contribution in [3.8, 4) is 0 Å². The Balaban J connectivity index is 1.14. The standard InChI is InChI=1S/C56H52O16/c1-36(57)67-50-47(64-33-38-22-10-3-11-23-38)45(63-32-37-20-8-2-9-21-37)43(34-65-51(58)39-24-12-4-13-25-39)69-56(50)66-35-44-46(70-52(59)40-26-14-5-15-27-40)48(71-53(60)41-28-16-6-17-29-41)49(55(62)68-44)72-54(61)42-30-18-7-19-31-42/h2-31,43-50,55-56,62H,32-35H2,1H3/t43-,44-,45+,46-,47+,48+,49-,50-,55+,56-/m1/s1. The molecule has 0 saturated carbocycles. The average Bonchev–Trinajstić information content (AvgIpc) is 3.42. The van der Waals surface area contributed by atoms with Crippen molar-refractivity contribution >= 4 is 29.8 Å². The number of aliphatic hydroxyl groups excluding tert-OH is 1. The average molecular weight is 981 g/mol. The highest BCUT2D eigenvalue weighted by Gasteiger charge is 2.55. The summed E-state index contributed by atoms with van der Waals surface area (Å²) in [7, 11) is 0. The van der Waals surface area contributed by atoms with Gasteiger partial charge in [-0.3, -0.25) is 4.79 Å². The Hall–Kier alpha value is -7.57. The number of rotatable bonds is 19. The van der Waals surface area contributed by atoms with Gasteiger partial charge in [-0.25, -0.2) is 19.2 Å². The molecule has 16 heteroatoms. The van der Waals surface area contributed by atoms with E-state index in [1.807, 2.05) is 60.7 Å². The van der Waals surface area contributed by atoms with Crippen molar-refractivity contribution in [2.24, 2.45) is 0 Å². The third-order valence-electron chi connectivity index (χ3n) is 11.6. The molecule has 0 amide bonds. The van der Waals surface area contributed by atoms with Gasteiger partial charge in [0.25, 0.3) is 0 Å². The monoisotopic (exact) mass is 980 g/mol. The lowest BCUT2D eigenvalue weighted by Crippen LogP contribution is -2.64. The van der Waals surface area contributed by atoms with E-state index in [1.165, 1.54) is 43.3 Å². The van der Waals surface area contributed by atoms with Crippen LogP contribution < -0.4 is 0 Å². The van der Waals surface area contributed by atoms with E-state index in [9.17, 15) is 29.1 Å². The zero-order valence-electron chi connectivity index (χ0n) is 39.0. The van der Waals surface area contributed by atoms with E-state index in [0.29, 0.717) is 0 Å². The molecule has 2 fully saturated rings. The van der Waals surface area contributed by atoms with Gasteiger partial charge in [-0.05, 0) is 59.7 Å². The van der Waals surface area contributed by atoms with Crippen molar-refractivity contribution in [1.82, 2.24) is 0 Å². The van der Waals surface area contributed by atoms with Crippen molar-refractivity contribution in [3.05, 3.63) is 215 Å². The molecule has 0 radical (unpaired) electrons. The SMILES string of the molecule is CC(=O)O[C@H]1[C@H](OC[C@H]2O[C@H](O)[C@H](OC(=O)c3ccccc3)[C@@H](OC(=O)c3ccccc3)[C@@H]2OC(=O)c2ccccc2)O[C@H](COC(=O)c2ccccc2)[C@H](OCc2ccccc2)[C@@H]1OCc1ccccc1. The predicted molar refractivity (Wildman–Crippen MR) is 255 cm³/mol. The fraction of sp³-hybridized carbons (Fsp3) is 0.268. The minimum Gasteiger partial charge on any atom is -0.459 e. The van der Waals surface area contributed by atoms with Gasteiger partial charge in [0.1, 0.15) is 31.0 Å². The maximum absolute atomic E-state index is 14.0. The first-order valence-electron chi connectivity index (χ1n) is 23.2. The second-order valence-corrected chi connectivity index (χ2v) is 16.7. The maximum Gasteiger partial charge on any atom is 0.338 e. The number of ether oxygens (including phenoxy) is 10. The van der Waals surface area contributed by atoms with Gasteiger partial charge in [0, 0.05) is 6.92 Å². The van der Waals surface area contributed by atoms with Gasteiger partial charge in [0.2, 0.25) is 0 Å². The van der Waals surface area contributed by atoms with Crippen LogP contribution in [0.4, 0.5) is 0 Å². The molecule has 6 aromatic carbocycles. The van der Waals surface area contributed by atoms with Crippen LogP contribution in [-0.4, -0.2) is 110 Å². The number of carbonyl (C=O) groups excluding carboxylic acids is 5. The Morgan fingerprint density at radius 3 is 1.25 bits per heavy atom. The van der Waals surface area contributed by atoms with E-state index in [2.05, 4.69) is 0 Å². The van der Waals surface area contributed by atoms with Crippen LogP contribution in [0.2, 0.25) is 0 Å². The highest BCUT2D eigenvalue weighted by atomic mass is 16.7. The first-order chi connectivity index (χ1) is 35.1. The summed E-state index contributed by atoms with van der Waals surface area (Å²) in [4.78, 5) is 68.0. The highest BCUT2D eigenvalue weighted by molar-refractivity contribution is 5.91. The molecule has 1 N–H and O–H groups in total. The number of esters is 5. The summed E-state index contributed by atoms with van der Waals surface area (Å²) in [6.07, 6.45) is -15.0. The fourth-order valence-electron chi connectivity index (χ4n) is 8.12. The van der Waals surface area contributed by atoms with E-state index in [1.54, 1.807) is 84.9 Å². The summed E-state index contributed by atoms with van der Waals surface area (Å²) in [5.41, 5.74) is 2.14. The number of carbonyl (C=O) groups is 5. The molecule has 10 atom stereocenters. The lowest BCUT2D eigenvalue weighted by molar-refractivity contribution is -0.334. The van der Waals surface area contributed by atoms with Gasteiger partial charge in [-0.15, -0.1) is 0 Å². The van der Waals surface area contributed by atoms with Crippen molar-refractivity contribution in [1.29, 1.82) is 0 Å². The van der Waals surface area contributed by atoms with E-state index < -0.39 is 104 Å². The number of aliphatic hydroxyl groups is 1. The molecule has 0 unspecified atom stereocenters. The summed E-state index contributed by atoms with van der Waals surface area (Å²) in [5.74, 6) is -4.10. The Morgan fingerprint density at radius 1 is 0.403 bits per heavy atom. The fourth-order valence-corrected chi connectivity index (χ4v) is 8.12. The van der Waals surface area contributed by atoms with Gasteiger partial charge >= 0.3 is 29.8 Å². The van der Waals surface area contributed by atoms with Crippen LogP contribution in [0.1, 0.15) is 59.5 Å². The second kappa shape index (κ2) is 25.0. The molecule has 2 aliphatic rings. The zero-order valence-corrected chi connectivity index (χ0v) is 39.0. The molecule has 0 aromatic heterocycles. The summed E-state index contributed by atoms with van der Waals surface area (Å²) in [6.45, 7) is 0.226. The number of hydrogen-bond donors (Lipinski definition) is 1. The van der Waals surface area contributed by atoms with Crippen LogP contribution in [0.5, 0.6) is 0 Å². The van der Waals surface area contributed by atoms with E-state index in [4.69, 9.17) is 47.4 Å². The minimum atomic E-state index is -2.01. The molecule has 72 heavy (non-hydrogen) atoms. The summed E-state index contributed by atoms with van der Waals surface area (Å²) in [6, 6.07) is 50.6. The van der Waals surface area contributed by atoms with Crippen molar-refractivity contribution in [2.45, 2.75) is 81.5 Å². The molecular formula is C56H52O16. The molecule has 2 aliphatic heterocycles. The normalized spacial score (nSPS) is 23.7. The molecule has 0 bridgehead atoms. The molecule has 16 nitrogen and oxygen atoms in total. The Labute approximate surface area is 415 Å². The molecular weight excluding hydrogens is 929 g/mol. The highest BCUT2D eigenvalue weighted by Crippen LogP contribution is 2.34. The summed E-state index contributed by atoms with van der Waals surface area (Å²) >= 11 is 0. The summed E-state index contributed by atoms with van der Waals surface area (Å²) < 4.78 is 62.1. The van der Waals surface area contributed by atoms with Gasteiger partial charge < -0.3 is 52.5 Å². The van der Waals surface area contributed by atoms with Crippen LogP contribution in [0, 0.1) is 0 Å². The van der Waals surface area contributed by atoms with Crippen LogP contribution in [-0.2, 0) is 65.4 Å². The maximum atomic E-state index is 14.0. The van der Waals surface area contributed by atoms with E-state index in [-0.39, 0.29) is 35.5 Å². The van der Waals surface area contributed by atoms with E-state index >= 15 is 0 Å². The first-order valence-corrected chi connectivity index (χ1v) is 23.2. The third kappa shape index (κ3) is 13.4. The molecule has 6 aromatic rings. The van der Waals surface area contributed by atoms with Crippen LogP contribution in [0.25, 0.3) is 0 Å². The molecule has 8 rings (SSSR count). The second-order valence-electron chi connectivity index (χ2n) is 16.7. The number of benzene rings is 6. The van der Waals surface area contributed by atoms with Crippen LogP contribution in [0.3, 0.4) is 0 Å². The van der Waals surface area contributed by atoms with Crippen LogP contribution >= 0.6 is 0 Å². The Kier molecular flexibility index (Phi) is 17.6. The van der Waals surface area contributed by atoms with Crippen molar-refractivity contribution < 1.29 is 76.4 Å². The molecule has 0 spiro atoms. The largest absolute Gasteiger partial charge is 0.459 e. The smallest absolute Gasteiger partial charge is 0.338 e. The van der Waals surface area contributed by atoms with Gasteiger partial charge in [0.05, 0.1) is 42.1 Å². The molecule has 372 valence electrons. The topological polar surface area (TPSA) is 198 Å².